The number of alkyl halides is 3. The zero-order valence-corrected chi connectivity index (χ0v) is 13.6. The van der Waals surface area contributed by atoms with E-state index in [-0.39, 0.29) is 0 Å². The van der Waals surface area contributed by atoms with E-state index in [2.05, 4.69) is 26.2 Å². The number of carbonyl (C=O) groups excluding carboxylic acids is 1. The summed E-state index contributed by atoms with van der Waals surface area (Å²) >= 11 is 3.30. The Kier molecular flexibility index (Phi) is 4.28. The lowest BCUT2D eigenvalue weighted by Crippen LogP contribution is -2.18. The van der Waals surface area contributed by atoms with Crippen LogP contribution in [0.4, 0.5) is 18.9 Å². The molecule has 1 aromatic heterocycles. The van der Waals surface area contributed by atoms with Crippen LogP contribution in [-0.2, 0) is 6.18 Å². The van der Waals surface area contributed by atoms with Crippen LogP contribution >= 0.6 is 15.9 Å². The molecule has 24 heavy (non-hydrogen) atoms. The van der Waals surface area contributed by atoms with Gasteiger partial charge in [0.15, 0.2) is 0 Å². The molecule has 0 aliphatic rings. The lowest BCUT2D eigenvalue weighted by molar-refractivity contribution is -0.137. The van der Waals surface area contributed by atoms with Gasteiger partial charge in [-0.1, -0.05) is 24.3 Å². The van der Waals surface area contributed by atoms with Crippen LogP contribution in [-0.4, -0.2) is 10.9 Å². The van der Waals surface area contributed by atoms with E-state index in [1.54, 1.807) is 24.4 Å². The third kappa shape index (κ3) is 3.26. The second-order valence-corrected chi connectivity index (χ2v) is 5.94. The first-order chi connectivity index (χ1) is 11.4. The van der Waals surface area contributed by atoms with E-state index in [0.717, 1.165) is 22.0 Å². The molecule has 7 heteroatoms. The van der Waals surface area contributed by atoms with Crippen LogP contribution in [0.2, 0.25) is 0 Å². The van der Waals surface area contributed by atoms with Gasteiger partial charge in [-0.15, -0.1) is 0 Å². The third-order valence-electron chi connectivity index (χ3n) is 3.40. The van der Waals surface area contributed by atoms with Crippen LogP contribution in [0.3, 0.4) is 0 Å². The van der Waals surface area contributed by atoms with Crippen LogP contribution < -0.4 is 5.32 Å². The van der Waals surface area contributed by atoms with E-state index in [0.29, 0.717) is 11.2 Å². The van der Waals surface area contributed by atoms with Crippen LogP contribution in [0.1, 0.15) is 15.9 Å². The van der Waals surface area contributed by atoms with Gasteiger partial charge in [-0.25, -0.2) is 0 Å². The highest BCUT2D eigenvalue weighted by Crippen LogP contribution is 2.32. The second kappa shape index (κ2) is 6.24. The minimum Gasteiger partial charge on any atom is -0.320 e. The second-order valence-electron chi connectivity index (χ2n) is 5.03. The van der Waals surface area contributed by atoms with Crippen molar-refractivity contribution in [2.24, 2.45) is 0 Å². The van der Waals surface area contributed by atoms with Gasteiger partial charge in [-0.3, -0.25) is 9.78 Å². The smallest absolute Gasteiger partial charge is 0.320 e. The van der Waals surface area contributed by atoms with E-state index in [9.17, 15) is 18.0 Å². The number of carbonyl (C=O) groups is 1. The van der Waals surface area contributed by atoms with Gasteiger partial charge < -0.3 is 5.32 Å². The van der Waals surface area contributed by atoms with Crippen molar-refractivity contribution in [3.8, 4) is 0 Å². The minimum atomic E-state index is -4.60. The standard InChI is InChI=1S/C17H10BrF3N2O/c18-11-8-10-4-3-7-14(15(10)22-9-11)23-16(24)12-5-1-2-6-13(12)17(19,20)21/h1-9H,(H,23,24). The van der Waals surface area contributed by atoms with Gasteiger partial charge in [0.1, 0.15) is 0 Å². The van der Waals surface area contributed by atoms with Crippen molar-refractivity contribution in [3.05, 3.63) is 70.3 Å². The Labute approximate surface area is 143 Å². The number of anilines is 1. The Morgan fingerprint density at radius 2 is 1.83 bits per heavy atom. The number of hydrogen-bond acceptors (Lipinski definition) is 2. The number of para-hydroxylation sites is 1. The van der Waals surface area contributed by atoms with E-state index >= 15 is 0 Å². The van der Waals surface area contributed by atoms with Gasteiger partial charge >= 0.3 is 6.18 Å². The third-order valence-corrected chi connectivity index (χ3v) is 3.84. The molecule has 1 heterocycles. The maximum absolute atomic E-state index is 13.0. The molecule has 0 radical (unpaired) electrons. The number of nitrogens with one attached hydrogen (secondary N) is 1. The number of aromatic nitrogens is 1. The van der Waals surface area contributed by atoms with Crippen LogP contribution in [0, 0.1) is 0 Å². The Morgan fingerprint density at radius 3 is 2.58 bits per heavy atom. The lowest BCUT2D eigenvalue weighted by atomic mass is 10.1. The first kappa shape index (κ1) is 16.4. The highest BCUT2D eigenvalue weighted by atomic mass is 79.9. The summed E-state index contributed by atoms with van der Waals surface area (Å²) in [5, 5.41) is 3.27. The molecule has 2 aromatic carbocycles. The van der Waals surface area contributed by atoms with E-state index in [1.165, 1.54) is 12.1 Å². The fourth-order valence-corrected chi connectivity index (χ4v) is 2.70. The van der Waals surface area contributed by atoms with Gasteiger partial charge in [0.25, 0.3) is 5.91 Å². The number of pyridine rings is 1. The summed E-state index contributed by atoms with van der Waals surface area (Å²) in [7, 11) is 0. The molecule has 0 bridgehead atoms. The van der Waals surface area contributed by atoms with Gasteiger partial charge in [0.2, 0.25) is 0 Å². The molecule has 122 valence electrons. The number of benzene rings is 2. The van der Waals surface area contributed by atoms with E-state index < -0.39 is 23.2 Å². The quantitative estimate of drug-likeness (QED) is 0.643. The topological polar surface area (TPSA) is 42.0 Å². The highest BCUT2D eigenvalue weighted by molar-refractivity contribution is 9.10. The van der Waals surface area contributed by atoms with Crippen LogP contribution in [0.25, 0.3) is 10.9 Å². The van der Waals surface area contributed by atoms with Gasteiger partial charge in [-0.05, 0) is 40.2 Å². The molecule has 0 aliphatic carbocycles. The maximum Gasteiger partial charge on any atom is 0.417 e. The van der Waals surface area contributed by atoms with Crippen molar-refractivity contribution in [1.82, 2.24) is 4.98 Å². The predicted octanol–water partition coefficient (Wildman–Crippen LogP) is 5.27. The molecular weight excluding hydrogens is 385 g/mol. The monoisotopic (exact) mass is 394 g/mol. The number of nitrogens with zero attached hydrogens (tertiary/aromatic N) is 1. The lowest BCUT2D eigenvalue weighted by Gasteiger charge is -2.13. The molecule has 0 atom stereocenters. The summed E-state index contributed by atoms with van der Waals surface area (Å²) < 4.78 is 39.9. The van der Waals surface area contributed by atoms with Crippen molar-refractivity contribution < 1.29 is 18.0 Å². The van der Waals surface area contributed by atoms with Gasteiger partial charge in [0.05, 0.1) is 22.3 Å². The maximum atomic E-state index is 13.0. The highest BCUT2D eigenvalue weighted by Gasteiger charge is 2.34. The molecule has 0 unspecified atom stereocenters. The summed E-state index contributed by atoms with van der Waals surface area (Å²) in [6, 6.07) is 11.6. The molecule has 0 aliphatic heterocycles. The number of fused-ring (bicyclic) bond motifs is 1. The molecule has 3 aromatic rings. The number of amides is 1. The number of rotatable bonds is 2. The fourth-order valence-electron chi connectivity index (χ4n) is 2.35. The molecular formula is C17H10BrF3N2O. The Morgan fingerprint density at radius 1 is 1.08 bits per heavy atom. The SMILES string of the molecule is O=C(Nc1cccc2cc(Br)cnc12)c1ccccc1C(F)(F)F. The molecule has 0 fully saturated rings. The molecule has 0 saturated carbocycles. The Bertz CT molecular complexity index is 925. The summed E-state index contributed by atoms with van der Waals surface area (Å²) in [4.78, 5) is 16.6. The van der Waals surface area contributed by atoms with Crippen LogP contribution in [0.15, 0.2) is 59.2 Å². The minimum absolute atomic E-state index is 0.349. The van der Waals surface area contributed by atoms with Crippen molar-refractivity contribution >= 4 is 38.4 Å². The summed E-state index contributed by atoms with van der Waals surface area (Å²) in [5.74, 6) is -0.833. The fraction of sp³-hybridized carbons (Fsp3) is 0.0588. The normalized spacial score (nSPS) is 11.5. The number of hydrogen-bond donors (Lipinski definition) is 1. The molecule has 0 spiro atoms. The molecule has 1 N–H and O–H groups in total. The average Bonchev–Trinajstić information content (AvgIpc) is 2.54. The van der Waals surface area contributed by atoms with Gasteiger partial charge in [-0.2, -0.15) is 13.2 Å². The summed E-state index contributed by atoms with van der Waals surface area (Å²) in [6.07, 6.45) is -3.04. The largest absolute Gasteiger partial charge is 0.417 e. The number of halogens is 4. The summed E-state index contributed by atoms with van der Waals surface area (Å²) in [6.45, 7) is 0. The Balaban J connectivity index is 2.00. The van der Waals surface area contributed by atoms with Crippen molar-refractivity contribution in [1.29, 1.82) is 0 Å². The molecule has 3 nitrogen and oxygen atoms in total. The molecule has 1 amide bonds. The van der Waals surface area contributed by atoms with Crippen LogP contribution in [0.5, 0.6) is 0 Å². The Hall–Kier alpha value is -2.41. The first-order valence-electron chi connectivity index (χ1n) is 6.88. The van der Waals surface area contributed by atoms with Gasteiger partial charge in [0, 0.05) is 16.1 Å². The zero-order valence-electron chi connectivity index (χ0n) is 12.1. The summed E-state index contributed by atoms with van der Waals surface area (Å²) in [5.41, 5.74) is -0.557. The van der Waals surface area contributed by atoms with Crippen molar-refractivity contribution in [3.63, 3.8) is 0 Å². The molecule has 0 saturated heterocycles. The molecule has 3 rings (SSSR count). The van der Waals surface area contributed by atoms with Crippen molar-refractivity contribution in [2.45, 2.75) is 6.18 Å². The first-order valence-corrected chi connectivity index (χ1v) is 7.67. The van der Waals surface area contributed by atoms with E-state index in [4.69, 9.17) is 0 Å². The average molecular weight is 395 g/mol. The van der Waals surface area contributed by atoms with Crippen molar-refractivity contribution in [2.75, 3.05) is 5.32 Å². The predicted molar refractivity (Wildman–Crippen MR) is 88.8 cm³/mol. The zero-order chi connectivity index (χ0) is 17.3. The van der Waals surface area contributed by atoms with E-state index in [1.807, 2.05) is 6.07 Å².